The summed E-state index contributed by atoms with van der Waals surface area (Å²) in [5.74, 6) is -1.06. The fourth-order valence-corrected chi connectivity index (χ4v) is 2.86. The minimum Gasteiger partial charge on any atom is -0.490 e. The van der Waals surface area contributed by atoms with Crippen molar-refractivity contribution in [3.05, 3.63) is 53.1 Å². The average molecular weight is 455 g/mol. The lowest BCUT2D eigenvalue weighted by atomic mass is 10.1. The van der Waals surface area contributed by atoms with E-state index in [0.717, 1.165) is 23.2 Å². The number of rotatable bonds is 10. The fourth-order valence-electron chi connectivity index (χ4n) is 2.86. The molecule has 0 aliphatic carbocycles. The van der Waals surface area contributed by atoms with E-state index in [-0.39, 0.29) is 12.5 Å². The Kier molecular flexibility index (Phi) is 9.88. The molecule has 0 aliphatic heterocycles. The highest BCUT2D eigenvalue weighted by atomic mass is 16.5. The molecule has 2 aromatic carbocycles. The first-order valence-corrected chi connectivity index (χ1v) is 10.7. The van der Waals surface area contributed by atoms with Crippen molar-refractivity contribution in [2.45, 2.75) is 34.1 Å². The van der Waals surface area contributed by atoms with Crippen molar-refractivity contribution in [1.29, 1.82) is 0 Å². The summed E-state index contributed by atoms with van der Waals surface area (Å²) in [5, 5.41) is 9.13. The maximum absolute atomic E-state index is 12.4. The zero-order chi connectivity index (χ0) is 24.2. The second-order valence-corrected chi connectivity index (χ2v) is 7.20. The molecule has 0 aromatic heterocycles. The van der Waals surface area contributed by atoms with Gasteiger partial charge >= 0.3 is 11.8 Å². The molecule has 9 nitrogen and oxygen atoms in total. The predicted octanol–water partition coefficient (Wildman–Crippen LogP) is 2.70. The van der Waals surface area contributed by atoms with Gasteiger partial charge in [-0.3, -0.25) is 14.4 Å². The van der Waals surface area contributed by atoms with Crippen molar-refractivity contribution >= 4 is 29.6 Å². The van der Waals surface area contributed by atoms with E-state index in [0.29, 0.717) is 30.2 Å². The molecular formula is C24H30N4O5. The second kappa shape index (κ2) is 12.8. The Balaban J connectivity index is 1.99. The highest BCUT2D eigenvalue weighted by molar-refractivity contribution is 6.35. The smallest absolute Gasteiger partial charge is 0.329 e. The molecule has 3 N–H and O–H groups in total. The zero-order valence-electron chi connectivity index (χ0n) is 19.4. The van der Waals surface area contributed by atoms with Crippen molar-refractivity contribution < 1.29 is 23.9 Å². The van der Waals surface area contributed by atoms with E-state index in [1.165, 1.54) is 6.21 Å². The van der Waals surface area contributed by atoms with Gasteiger partial charge in [-0.25, -0.2) is 5.43 Å². The Labute approximate surface area is 193 Å². The van der Waals surface area contributed by atoms with Crippen molar-refractivity contribution in [2.24, 2.45) is 5.10 Å². The largest absolute Gasteiger partial charge is 0.490 e. The summed E-state index contributed by atoms with van der Waals surface area (Å²) < 4.78 is 11.3. The molecule has 0 saturated heterocycles. The molecule has 2 aromatic rings. The quantitative estimate of drug-likeness (QED) is 0.290. The summed E-state index contributed by atoms with van der Waals surface area (Å²) in [4.78, 5) is 35.6. The molecule has 0 fully saturated rings. The highest BCUT2D eigenvalue weighted by Crippen LogP contribution is 2.28. The third-order valence-corrected chi connectivity index (χ3v) is 4.49. The molecule has 0 radical (unpaired) electrons. The molecule has 0 spiro atoms. The van der Waals surface area contributed by atoms with Crippen LogP contribution in [0.25, 0.3) is 0 Å². The molecule has 3 amide bonds. The lowest BCUT2D eigenvalue weighted by Crippen LogP contribution is -2.38. The number of para-hydroxylation sites is 1. The maximum atomic E-state index is 12.4. The first kappa shape index (κ1) is 25.4. The molecule has 0 saturated carbocycles. The van der Waals surface area contributed by atoms with E-state index < -0.39 is 11.8 Å². The summed E-state index contributed by atoms with van der Waals surface area (Å²) in [6, 6.07) is 10.8. The number of amides is 3. The molecule has 2 rings (SSSR count). The Morgan fingerprint density at radius 1 is 0.970 bits per heavy atom. The zero-order valence-corrected chi connectivity index (χ0v) is 19.4. The number of nitrogens with zero attached hydrogens (tertiary/aromatic N) is 1. The van der Waals surface area contributed by atoms with E-state index in [2.05, 4.69) is 21.2 Å². The minimum atomic E-state index is -0.848. The fraction of sp³-hybridized carbons (Fsp3) is 0.333. The van der Waals surface area contributed by atoms with Crippen LogP contribution in [0.4, 0.5) is 5.69 Å². The van der Waals surface area contributed by atoms with Gasteiger partial charge in [0.15, 0.2) is 18.1 Å². The SMILES string of the molecule is CCCNC(=O)C(=O)N/N=C\c1ccc(OCC(=O)Nc2c(C)cccc2C)c(OCC)c1. The van der Waals surface area contributed by atoms with E-state index >= 15 is 0 Å². The molecule has 0 heterocycles. The number of hydrogen-bond donors (Lipinski definition) is 3. The Morgan fingerprint density at radius 3 is 2.36 bits per heavy atom. The number of nitrogens with one attached hydrogen (secondary N) is 3. The molecule has 176 valence electrons. The number of benzene rings is 2. The third kappa shape index (κ3) is 7.95. The summed E-state index contributed by atoms with van der Waals surface area (Å²) in [6.45, 7) is 8.18. The van der Waals surface area contributed by atoms with E-state index in [1.807, 2.05) is 45.9 Å². The van der Waals surface area contributed by atoms with Crippen molar-refractivity contribution in [2.75, 3.05) is 25.1 Å². The first-order valence-electron chi connectivity index (χ1n) is 10.7. The number of aryl methyl sites for hydroxylation is 2. The summed E-state index contributed by atoms with van der Waals surface area (Å²) in [5.41, 5.74) is 5.49. The summed E-state index contributed by atoms with van der Waals surface area (Å²) in [6.07, 6.45) is 2.11. The standard InChI is InChI=1S/C24H30N4O5/c1-5-12-25-23(30)24(31)28-26-14-18-10-11-19(20(13-18)32-6-2)33-15-21(29)27-22-16(3)8-7-9-17(22)4/h7-11,13-14H,5-6,12,15H2,1-4H3,(H,25,30)(H,27,29)(H,28,31)/b26-14-. The molecule has 9 heteroatoms. The van der Waals surface area contributed by atoms with Crippen LogP contribution in [-0.2, 0) is 14.4 Å². The Hall–Kier alpha value is -3.88. The normalized spacial score (nSPS) is 10.5. The Bertz CT molecular complexity index is 1000. The van der Waals surface area contributed by atoms with Crippen LogP contribution in [0.5, 0.6) is 11.5 Å². The lowest BCUT2D eigenvalue weighted by molar-refractivity contribution is -0.139. The van der Waals surface area contributed by atoms with Crippen LogP contribution < -0.4 is 25.5 Å². The van der Waals surface area contributed by atoms with E-state index in [9.17, 15) is 14.4 Å². The number of anilines is 1. The van der Waals surface area contributed by atoms with Crippen LogP contribution in [0, 0.1) is 13.8 Å². The molecule has 0 bridgehead atoms. The van der Waals surface area contributed by atoms with Gasteiger partial charge in [0, 0.05) is 12.2 Å². The van der Waals surface area contributed by atoms with Crippen molar-refractivity contribution in [1.82, 2.24) is 10.7 Å². The second-order valence-electron chi connectivity index (χ2n) is 7.20. The number of carbonyl (C=O) groups excluding carboxylic acids is 3. The van der Waals surface area contributed by atoms with Gasteiger partial charge in [-0.2, -0.15) is 5.10 Å². The van der Waals surface area contributed by atoms with Gasteiger partial charge in [0.25, 0.3) is 5.91 Å². The summed E-state index contributed by atoms with van der Waals surface area (Å²) in [7, 11) is 0. The van der Waals surface area contributed by atoms with Crippen LogP contribution in [0.2, 0.25) is 0 Å². The van der Waals surface area contributed by atoms with Gasteiger partial charge < -0.3 is 20.1 Å². The maximum Gasteiger partial charge on any atom is 0.329 e. The molecule has 0 aliphatic rings. The highest BCUT2D eigenvalue weighted by Gasteiger charge is 2.12. The lowest BCUT2D eigenvalue weighted by Gasteiger charge is -2.14. The van der Waals surface area contributed by atoms with Crippen LogP contribution in [0.1, 0.15) is 37.0 Å². The molecule has 0 unspecified atom stereocenters. The van der Waals surface area contributed by atoms with Gasteiger partial charge in [-0.15, -0.1) is 0 Å². The Morgan fingerprint density at radius 2 is 1.70 bits per heavy atom. The topological polar surface area (TPSA) is 118 Å². The van der Waals surface area contributed by atoms with E-state index in [4.69, 9.17) is 9.47 Å². The number of hydrogen-bond acceptors (Lipinski definition) is 6. The number of hydrazone groups is 1. The van der Waals surface area contributed by atoms with Crippen molar-refractivity contribution in [3.8, 4) is 11.5 Å². The molecular weight excluding hydrogens is 424 g/mol. The van der Waals surface area contributed by atoms with Crippen molar-refractivity contribution in [3.63, 3.8) is 0 Å². The van der Waals surface area contributed by atoms with Crippen LogP contribution in [0.15, 0.2) is 41.5 Å². The average Bonchev–Trinajstić information content (AvgIpc) is 2.79. The van der Waals surface area contributed by atoms with Gasteiger partial charge in [0.1, 0.15) is 0 Å². The van der Waals surface area contributed by atoms with Gasteiger partial charge in [-0.1, -0.05) is 25.1 Å². The monoisotopic (exact) mass is 454 g/mol. The van der Waals surface area contributed by atoms with Crippen LogP contribution >= 0.6 is 0 Å². The molecule has 33 heavy (non-hydrogen) atoms. The van der Waals surface area contributed by atoms with Gasteiger partial charge in [0.2, 0.25) is 0 Å². The molecule has 0 atom stereocenters. The van der Waals surface area contributed by atoms with Gasteiger partial charge in [0.05, 0.1) is 12.8 Å². The third-order valence-electron chi connectivity index (χ3n) is 4.49. The van der Waals surface area contributed by atoms with Crippen LogP contribution in [0.3, 0.4) is 0 Å². The minimum absolute atomic E-state index is 0.190. The predicted molar refractivity (Wildman–Crippen MR) is 127 cm³/mol. The van der Waals surface area contributed by atoms with Gasteiger partial charge in [-0.05, 0) is 62.1 Å². The number of ether oxygens (including phenoxy) is 2. The first-order chi connectivity index (χ1) is 15.8. The number of carbonyl (C=O) groups is 3. The van der Waals surface area contributed by atoms with Crippen LogP contribution in [-0.4, -0.2) is 43.7 Å². The summed E-state index contributed by atoms with van der Waals surface area (Å²) >= 11 is 0. The van der Waals surface area contributed by atoms with E-state index in [1.54, 1.807) is 18.2 Å².